The highest BCUT2D eigenvalue weighted by Gasteiger charge is 2.37. The smallest absolute Gasteiger partial charge is 0.225 e. The van der Waals surface area contributed by atoms with Gasteiger partial charge in [-0.1, -0.05) is 38.2 Å². The van der Waals surface area contributed by atoms with Gasteiger partial charge in [0.05, 0.1) is 5.92 Å². The highest BCUT2D eigenvalue weighted by Crippen LogP contribution is 2.27. The second-order valence-electron chi connectivity index (χ2n) is 7.03. The summed E-state index contributed by atoms with van der Waals surface area (Å²) in [6.07, 6.45) is 12.3. The van der Waals surface area contributed by atoms with Crippen molar-refractivity contribution in [2.24, 2.45) is 5.92 Å². The molecule has 2 amide bonds. The lowest BCUT2D eigenvalue weighted by Crippen LogP contribution is -2.38. The molecule has 24 heavy (non-hydrogen) atoms. The van der Waals surface area contributed by atoms with Crippen molar-refractivity contribution in [3.8, 4) is 0 Å². The van der Waals surface area contributed by atoms with Crippen molar-refractivity contribution in [3.63, 3.8) is 0 Å². The van der Waals surface area contributed by atoms with Crippen LogP contribution in [0.5, 0.6) is 0 Å². The SMILES string of the molecule is O=C(NCc1cccnc1)C1CC(=O)N(C2CCCCCCC2)C1. The lowest BCUT2D eigenvalue weighted by molar-refractivity contribution is -0.130. The van der Waals surface area contributed by atoms with E-state index in [1.165, 1.54) is 32.1 Å². The van der Waals surface area contributed by atoms with Crippen LogP contribution in [0.3, 0.4) is 0 Å². The van der Waals surface area contributed by atoms with E-state index >= 15 is 0 Å². The topological polar surface area (TPSA) is 62.3 Å². The summed E-state index contributed by atoms with van der Waals surface area (Å²) < 4.78 is 0. The maximum atomic E-state index is 12.4. The van der Waals surface area contributed by atoms with Gasteiger partial charge < -0.3 is 10.2 Å². The zero-order valence-electron chi connectivity index (χ0n) is 14.2. The van der Waals surface area contributed by atoms with E-state index in [1.54, 1.807) is 12.4 Å². The monoisotopic (exact) mass is 329 g/mol. The predicted molar refractivity (Wildman–Crippen MR) is 92.0 cm³/mol. The van der Waals surface area contributed by atoms with Crippen LogP contribution >= 0.6 is 0 Å². The highest BCUT2D eigenvalue weighted by molar-refractivity contribution is 5.89. The first kappa shape index (κ1) is 16.9. The summed E-state index contributed by atoms with van der Waals surface area (Å²) >= 11 is 0. The number of nitrogens with one attached hydrogen (secondary N) is 1. The Labute approximate surface area is 143 Å². The molecule has 1 unspecified atom stereocenters. The third-order valence-electron chi connectivity index (χ3n) is 5.23. The quantitative estimate of drug-likeness (QED) is 0.924. The van der Waals surface area contributed by atoms with Crippen LogP contribution in [0, 0.1) is 5.92 Å². The van der Waals surface area contributed by atoms with Crippen LogP contribution in [0.25, 0.3) is 0 Å². The van der Waals surface area contributed by atoms with E-state index < -0.39 is 0 Å². The molecule has 5 heteroatoms. The van der Waals surface area contributed by atoms with E-state index in [4.69, 9.17) is 0 Å². The Hall–Kier alpha value is -1.91. The molecular weight excluding hydrogens is 302 g/mol. The standard InChI is InChI=1S/C19H27N3O2/c23-18-11-16(19(24)21-13-15-7-6-10-20-12-15)14-22(18)17-8-4-2-1-3-5-9-17/h6-7,10,12,16-17H,1-5,8-9,11,13-14H2,(H,21,24). The predicted octanol–water partition coefficient (Wildman–Crippen LogP) is 2.66. The molecule has 1 aliphatic heterocycles. The Kier molecular flexibility index (Phi) is 5.83. The third kappa shape index (κ3) is 4.34. The average molecular weight is 329 g/mol. The first-order valence-corrected chi connectivity index (χ1v) is 9.20. The molecule has 0 radical (unpaired) electrons. The van der Waals surface area contributed by atoms with Crippen LogP contribution in [-0.4, -0.2) is 34.3 Å². The molecule has 0 aromatic carbocycles. The van der Waals surface area contributed by atoms with Gasteiger partial charge in [-0.25, -0.2) is 0 Å². The number of carbonyl (C=O) groups is 2. The van der Waals surface area contributed by atoms with Gasteiger partial charge in [0.1, 0.15) is 0 Å². The maximum absolute atomic E-state index is 12.4. The minimum absolute atomic E-state index is 0.0134. The molecule has 0 bridgehead atoms. The van der Waals surface area contributed by atoms with Crippen LogP contribution in [0.15, 0.2) is 24.5 Å². The van der Waals surface area contributed by atoms with Gasteiger partial charge in [-0.2, -0.15) is 0 Å². The fourth-order valence-electron chi connectivity index (χ4n) is 3.84. The molecule has 2 heterocycles. The first-order valence-electron chi connectivity index (χ1n) is 9.20. The molecular formula is C19H27N3O2. The molecule has 3 rings (SSSR count). The lowest BCUT2D eigenvalue weighted by atomic mass is 9.96. The average Bonchev–Trinajstić information content (AvgIpc) is 2.95. The summed E-state index contributed by atoms with van der Waals surface area (Å²) in [4.78, 5) is 30.8. The molecule has 1 saturated carbocycles. The van der Waals surface area contributed by atoms with Gasteiger partial charge in [0.25, 0.3) is 0 Å². The van der Waals surface area contributed by atoms with Gasteiger partial charge >= 0.3 is 0 Å². The van der Waals surface area contributed by atoms with Crippen molar-refractivity contribution >= 4 is 11.8 Å². The second-order valence-corrected chi connectivity index (χ2v) is 7.03. The molecule has 1 saturated heterocycles. The molecule has 130 valence electrons. The van der Waals surface area contributed by atoms with Crippen LogP contribution in [0.2, 0.25) is 0 Å². The Morgan fingerprint density at radius 1 is 1.21 bits per heavy atom. The normalized spacial score (nSPS) is 22.9. The summed E-state index contributed by atoms with van der Waals surface area (Å²) in [6.45, 7) is 1.06. The van der Waals surface area contributed by atoms with E-state index in [2.05, 4.69) is 10.3 Å². The van der Waals surface area contributed by atoms with Gasteiger partial charge in [0.2, 0.25) is 11.8 Å². The fourth-order valence-corrected chi connectivity index (χ4v) is 3.84. The van der Waals surface area contributed by atoms with Crippen molar-refractivity contribution in [3.05, 3.63) is 30.1 Å². The largest absolute Gasteiger partial charge is 0.352 e. The Morgan fingerprint density at radius 2 is 1.96 bits per heavy atom. The summed E-state index contributed by atoms with van der Waals surface area (Å²) in [6, 6.07) is 4.14. The van der Waals surface area contributed by atoms with E-state index in [1.807, 2.05) is 17.0 Å². The molecule has 1 aromatic rings. The van der Waals surface area contributed by atoms with Crippen molar-refractivity contribution < 1.29 is 9.59 Å². The molecule has 1 N–H and O–H groups in total. The summed E-state index contributed by atoms with van der Waals surface area (Å²) in [5.74, 6) is -0.0674. The minimum Gasteiger partial charge on any atom is -0.352 e. The van der Waals surface area contributed by atoms with Crippen LogP contribution in [0.1, 0.15) is 56.9 Å². The van der Waals surface area contributed by atoms with Crippen molar-refractivity contribution in [1.82, 2.24) is 15.2 Å². The highest BCUT2D eigenvalue weighted by atomic mass is 16.2. The number of pyridine rings is 1. The van der Waals surface area contributed by atoms with Crippen molar-refractivity contribution in [2.75, 3.05) is 6.54 Å². The zero-order chi connectivity index (χ0) is 16.8. The number of likely N-dealkylation sites (tertiary alicyclic amines) is 1. The molecule has 1 aromatic heterocycles. The second kappa shape index (κ2) is 8.27. The van der Waals surface area contributed by atoms with Crippen LogP contribution in [0.4, 0.5) is 0 Å². The van der Waals surface area contributed by atoms with Gasteiger partial charge in [-0.3, -0.25) is 14.6 Å². The Morgan fingerprint density at radius 3 is 2.67 bits per heavy atom. The number of hydrogen-bond acceptors (Lipinski definition) is 3. The Bertz CT molecular complexity index is 553. The van der Waals surface area contributed by atoms with Crippen LogP contribution in [-0.2, 0) is 16.1 Å². The summed E-state index contributed by atoms with van der Waals surface area (Å²) in [5.41, 5.74) is 0.979. The lowest BCUT2D eigenvalue weighted by Gasteiger charge is -2.29. The van der Waals surface area contributed by atoms with E-state index in [0.29, 0.717) is 25.6 Å². The maximum Gasteiger partial charge on any atom is 0.225 e. The van der Waals surface area contributed by atoms with Gasteiger partial charge in [0.15, 0.2) is 0 Å². The molecule has 0 spiro atoms. The molecule has 2 fully saturated rings. The molecule has 5 nitrogen and oxygen atoms in total. The Balaban J connectivity index is 1.52. The molecule has 1 aliphatic carbocycles. The molecule has 2 aliphatic rings. The van der Waals surface area contributed by atoms with Gasteiger partial charge in [-0.05, 0) is 24.5 Å². The number of rotatable bonds is 4. The third-order valence-corrected chi connectivity index (χ3v) is 5.23. The van der Waals surface area contributed by atoms with Crippen molar-refractivity contribution in [2.45, 2.75) is 64.0 Å². The van der Waals surface area contributed by atoms with Crippen LogP contribution < -0.4 is 5.32 Å². The first-order chi connectivity index (χ1) is 11.7. The molecule has 1 atom stereocenters. The van der Waals surface area contributed by atoms with Crippen molar-refractivity contribution in [1.29, 1.82) is 0 Å². The number of nitrogens with zero attached hydrogens (tertiary/aromatic N) is 2. The van der Waals surface area contributed by atoms with E-state index in [9.17, 15) is 9.59 Å². The summed E-state index contributed by atoms with van der Waals surface area (Å²) in [7, 11) is 0. The number of hydrogen-bond donors (Lipinski definition) is 1. The van der Waals surface area contributed by atoms with Gasteiger partial charge in [0, 0.05) is 37.9 Å². The summed E-state index contributed by atoms with van der Waals surface area (Å²) in [5, 5.41) is 2.95. The van der Waals surface area contributed by atoms with E-state index in [0.717, 1.165) is 18.4 Å². The van der Waals surface area contributed by atoms with E-state index in [-0.39, 0.29) is 17.7 Å². The minimum atomic E-state index is -0.209. The zero-order valence-corrected chi connectivity index (χ0v) is 14.2. The number of aromatic nitrogens is 1. The van der Waals surface area contributed by atoms with Gasteiger partial charge in [-0.15, -0.1) is 0 Å². The fraction of sp³-hybridized carbons (Fsp3) is 0.632. The number of carbonyl (C=O) groups excluding carboxylic acids is 2. The number of amides is 2.